The molecule has 0 aromatic heterocycles. The van der Waals surface area contributed by atoms with Crippen molar-refractivity contribution in [2.24, 2.45) is 34.5 Å². The molecule has 0 saturated heterocycles. The topological polar surface area (TPSA) is 80.7 Å². The van der Waals surface area contributed by atoms with Gasteiger partial charge in [-0.2, -0.15) is 0 Å². The molecule has 3 saturated carbocycles. The van der Waals surface area contributed by atoms with Gasteiger partial charge in [0.2, 0.25) is 0 Å². The van der Waals surface area contributed by atoms with E-state index >= 15 is 0 Å². The summed E-state index contributed by atoms with van der Waals surface area (Å²) in [5, 5.41) is 10.4. The van der Waals surface area contributed by atoms with E-state index in [1.807, 2.05) is 0 Å². The van der Waals surface area contributed by atoms with Gasteiger partial charge in [0, 0.05) is 11.8 Å². The summed E-state index contributed by atoms with van der Waals surface area (Å²) in [4.78, 5) is 37.4. The van der Waals surface area contributed by atoms with E-state index in [1.165, 1.54) is 5.57 Å². The molecule has 1 N–H and O–H groups in total. The van der Waals surface area contributed by atoms with Crippen molar-refractivity contribution in [3.05, 3.63) is 11.6 Å². The summed E-state index contributed by atoms with van der Waals surface area (Å²) < 4.78 is 5.97. The summed E-state index contributed by atoms with van der Waals surface area (Å²) in [5.41, 5.74) is -0.349. The van der Waals surface area contributed by atoms with Gasteiger partial charge in [-0.15, -0.1) is 0 Å². The van der Waals surface area contributed by atoms with Crippen LogP contribution in [0.2, 0.25) is 0 Å². The number of aliphatic hydroxyl groups excluding tert-OH is 1. The molecule has 0 aromatic rings. The largest absolute Gasteiger partial charge is 0.450 e. The fourth-order valence-electron chi connectivity index (χ4n) is 8.13. The molecule has 0 bridgehead atoms. The number of esters is 1. The maximum atomic E-state index is 12.9. The van der Waals surface area contributed by atoms with Gasteiger partial charge in [0.1, 0.15) is 6.10 Å². The zero-order chi connectivity index (χ0) is 22.1. The number of ether oxygens (including phenoxy) is 1. The number of aliphatic hydroxyl groups is 1. The van der Waals surface area contributed by atoms with Crippen molar-refractivity contribution >= 4 is 17.5 Å². The van der Waals surface area contributed by atoms with Gasteiger partial charge in [-0.05, 0) is 80.6 Å². The first kappa shape index (κ1) is 21.7. The highest BCUT2D eigenvalue weighted by molar-refractivity contribution is 5.95. The van der Waals surface area contributed by atoms with E-state index in [9.17, 15) is 19.5 Å². The number of ketones is 2. The quantitative estimate of drug-likeness (QED) is 0.703. The van der Waals surface area contributed by atoms with Crippen LogP contribution in [0.1, 0.15) is 79.6 Å². The molecular formula is C25H36O5. The van der Waals surface area contributed by atoms with Crippen molar-refractivity contribution in [3.63, 3.8) is 0 Å². The molecule has 1 unspecified atom stereocenters. The van der Waals surface area contributed by atoms with Crippen molar-refractivity contribution in [3.8, 4) is 0 Å². The lowest BCUT2D eigenvalue weighted by molar-refractivity contribution is -0.189. The predicted molar refractivity (Wildman–Crippen MR) is 112 cm³/mol. The van der Waals surface area contributed by atoms with E-state index in [-0.39, 0.29) is 40.7 Å². The lowest BCUT2D eigenvalue weighted by atomic mass is 9.44. The zero-order valence-electron chi connectivity index (χ0n) is 19.0. The summed E-state index contributed by atoms with van der Waals surface area (Å²) in [6, 6.07) is 0. The Morgan fingerprint density at radius 1 is 1.20 bits per heavy atom. The van der Waals surface area contributed by atoms with Gasteiger partial charge in [-0.25, -0.2) is 0 Å². The Hall–Kier alpha value is -1.49. The molecule has 0 radical (unpaired) electrons. The molecule has 5 nitrogen and oxygen atoms in total. The van der Waals surface area contributed by atoms with Crippen LogP contribution in [0.4, 0.5) is 0 Å². The molecular weight excluding hydrogens is 380 g/mol. The van der Waals surface area contributed by atoms with Gasteiger partial charge < -0.3 is 9.84 Å². The van der Waals surface area contributed by atoms with Gasteiger partial charge in [-0.3, -0.25) is 14.4 Å². The summed E-state index contributed by atoms with van der Waals surface area (Å²) in [6.07, 6.45) is 5.82. The normalized spacial score (nSPS) is 47.6. The number of Topliss-reactive ketones (excluding diaryl/α,β-unsaturated/α-hetero) is 1. The molecule has 4 rings (SSSR count). The number of hydrogen-bond acceptors (Lipinski definition) is 5. The third-order valence-electron chi connectivity index (χ3n) is 9.58. The van der Waals surface area contributed by atoms with E-state index < -0.39 is 11.7 Å². The van der Waals surface area contributed by atoms with E-state index in [2.05, 4.69) is 20.8 Å². The molecule has 4 aliphatic rings. The van der Waals surface area contributed by atoms with Crippen molar-refractivity contribution in [2.75, 3.05) is 0 Å². The van der Waals surface area contributed by atoms with Crippen molar-refractivity contribution in [2.45, 2.75) is 91.3 Å². The second-order valence-corrected chi connectivity index (χ2v) is 10.9. The van der Waals surface area contributed by atoms with Crippen molar-refractivity contribution in [1.29, 1.82) is 0 Å². The molecule has 0 spiro atoms. The number of hydrogen-bond donors (Lipinski definition) is 1. The summed E-state index contributed by atoms with van der Waals surface area (Å²) in [7, 11) is 0. The van der Waals surface area contributed by atoms with Gasteiger partial charge in [-0.1, -0.05) is 33.3 Å². The average molecular weight is 417 g/mol. The van der Waals surface area contributed by atoms with Gasteiger partial charge >= 0.3 is 5.97 Å². The Labute approximate surface area is 179 Å². The molecule has 3 fully saturated rings. The van der Waals surface area contributed by atoms with E-state index in [4.69, 9.17) is 4.74 Å². The van der Waals surface area contributed by atoms with Crippen LogP contribution in [-0.4, -0.2) is 34.3 Å². The first-order chi connectivity index (χ1) is 14.0. The van der Waals surface area contributed by atoms with Gasteiger partial charge in [0.05, 0.1) is 0 Å². The van der Waals surface area contributed by atoms with E-state index in [0.29, 0.717) is 30.6 Å². The lowest BCUT2D eigenvalue weighted by Crippen LogP contribution is -2.59. The van der Waals surface area contributed by atoms with Crippen LogP contribution < -0.4 is 0 Å². The van der Waals surface area contributed by atoms with Crippen LogP contribution in [0, 0.1) is 34.5 Å². The molecule has 0 heterocycles. The van der Waals surface area contributed by atoms with E-state index in [0.717, 1.165) is 25.7 Å². The number of allylic oxidation sites excluding steroid dienone is 1. The van der Waals surface area contributed by atoms with Crippen LogP contribution in [0.3, 0.4) is 0 Å². The van der Waals surface area contributed by atoms with E-state index in [1.54, 1.807) is 19.9 Å². The summed E-state index contributed by atoms with van der Waals surface area (Å²) >= 11 is 0. The first-order valence-corrected chi connectivity index (χ1v) is 11.7. The Morgan fingerprint density at radius 2 is 1.87 bits per heavy atom. The fraction of sp³-hybridized carbons (Fsp3) is 0.800. The minimum atomic E-state index is -1.02. The van der Waals surface area contributed by atoms with Crippen LogP contribution in [-0.2, 0) is 19.1 Å². The fourth-order valence-corrected chi connectivity index (χ4v) is 8.13. The highest BCUT2D eigenvalue weighted by atomic mass is 16.6. The third-order valence-corrected chi connectivity index (χ3v) is 9.58. The Balaban J connectivity index is 1.73. The summed E-state index contributed by atoms with van der Waals surface area (Å²) in [6.45, 7) is 9.95. The monoisotopic (exact) mass is 416 g/mol. The molecule has 0 amide bonds. The maximum absolute atomic E-state index is 12.9. The smallest absolute Gasteiger partial charge is 0.306 e. The Morgan fingerprint density at radius 3 is 2.50 bits per heavy atom. The van der Waals surface area contributed by atoms with Crippen LogP contribution >= 0.6 is 0 Å². The lowest BCUT2D eigenvalue weighted by Gasteiger charge is -2.60. The van der Waals surface area contributed by atoms with Gasteiger partial charge in [0.15, 0.2) is 17.2 Å². The minimum Gasteiger partial charge on any atom is -0.450 e. The predicted octanol–water partition coefficient (Wildman–Crippen LogP) is 4.02. The number of carbonyl (C=O) groups is 3. The maximum Gasteiger partial charge on any atom is 0.306 e. The third kappa shape index (κ3) is 2.73. The SMILES string of the molecule is CCC(=O)O[C@]1(C(C)=O)CC[C@H]2[C@@H]3C[C@H](C)C4=CC(=O)C(O)C[C@]4(C)[C@H]3CC[C@@]21C. The molecule has 4 aliphatic carbocycles. The number of rotatable bonds is 3. The minimum absolute atomic E-state index is 0.0258. The molecule has 8 atom stereocenters. The zero-order valence-corrected chi connectivity index (χ0v) is 19.0. The van der Waals surface area contributed by atoms with Crippen LogP contribution in [0.25, 0.3) is 0 Å². The molecule has 0 aliphatic heterocycles. The molecule has 5 heteroatoms. The van der Waals surface area contributed by atoms with Crippen molar-refractivity contribution in [1.82, 2.24) is 0 Å². The molecule has 30 heavy (non-hydrogen) atoms. The second kappa shape index (κ2) is 7.01. The second-order valence-electron chi connectivity index (χ2n) is 10.9. The highest BCUT2D eigenvalue weighted by Crippen LogP contribution is 2.69. The van der Waals surface area contributed by atoms with Crippen LogP contribution in [0.5, 0.6) is 0 Å². The molecule has 166 valence electrons. The Kier molecular flexibility index (Phi) is 5.08. The van der Waals surface area contributed by atoms with Gasteiger partial charge in [0.25, 0.3) is 0 Å². The highest BCUT2D eigenvalue weighted by Gasteiger charge is 2.68. The summed E-state index contributed by atoms with van der Waals surface area (Å²) in [5.74, 6) is 0.894. The first-order valence-electron chi connectivity index (χ1n) is 11.7. The number of fused-ring (bicyclic) bond motifs is 5. The standard InChI is InChI=1S/C25H36O5/c1-6-22(29)30-25(15(3)26)10-8-18-16-11-14(2)19-12-20(27)21(28)13-23(19,4)17(16)7-9-24(18,25)5/h12,14,16-18,21,28H,6-11,13H2,1-5H3/t14-,16+,17-,18-,21?,23+,24-,25-/m0/s1. The van der Waals surface area contributed by atoms with Crippen molar-refractivity contribution < 1.29 is 24.2 Å². The average Bonchev–Trinajstić information content (AvgIpc) is 2.97. The Bertz CT molecular complexity index is 814. The van der Waals surface area contributed by atoms with Crippen LogP contribution in [0.15, 0.2) is 11.6 Å². The number of carbonyl (C=O) groups excluding carboxylic acids is 3. The molecule has 0 aromatic carbocycles.